The zero-order valence-corrected chi connectivity index (χ0v) is 11.5. The SMILES string of the molecule is Cn1c(NC(C)(C)C)nc2c(Cl)nccc2c1=O. The molecule has 0 aliphatic heterocycles. The first-order valence-electron chi connectivity index (χ1n) is 5.59. The number of rotatable bonds is 1. The Morgan fingerprint density at radius 2 is 2.06 bits per heavy atom. The molecule has 0 radical (unpaired) electrons. The van der Waals surface area contributed by atoms with Crippen molar-refractivity contribution in [3.05, 3.63) is 27.8 Å². The van der Waals surface area contributed by atoms with Gasteiger partial charge in [-0.3, -0.25) is 9.36 Å². The Kier molecular flexibility index (Phi) is 3.02. The van der Waals surface area contributed by atoms with Crippen LogP contribution in [0.25, 0.3) is 10.9 Å². The van der Waals surface area contributed by atoms with E-state index in [1.165, 1.54) is 10.8 Å². The molecule has 0 saturated heterocycles. The second-order valence-corrected chi connectivity index (χ2v) is 5.53. The molecule has 2 rings (SSSR count). The number of halogens is 1. The van der Waals surface area contributed by atoms with E-state index < -0.39 is 0 Å². The van der Waals surface area contributed by atoms with E-state index in [-0.39, 0.29) is 16.3 Å². The van der Waals surface area contributed by atoms with Crippen molar-refractivity contribution >= 4 is 28.5 Å². The van der Waals surface area contributed by atoms with Crippen LogP contribution in [-0.2, 0) is 7.05 Å². The number of pyridine rings is 1. The van der Waals surface area contributed by atoms with Crippen LogP contribution in [0.15, 0.2) is 17.1 Å². The monoisotopic (exact) mass is 266 g/mol. The number of fused-ring (bicyclic) bond motifs is 1. The number of anilines is 1. The molecule has 96 valence electrons. The summed E-state index contributed by atoms with van der Waals surface area (Å²) in [5.74, 6) is 0.481. The number of hydrogen-bond donors (Lipinski definition) is 1. The summed E-state index contributed by atoms with van der Waals surface area (Å²) in [4.78, 5) is 20.5. The van der Waals surface area contributed by atoms with Crippen molar-refractivity contribution in [3.63, 3.8) is 0 Å². The molecule has 0 aromatic carbocycles. The second-order valence-electron chi connectivity index (χ2n) is 5.17. The number of hydrogen-bond acceptors (Lipinski definition) is 4. The Morgan fingerprint density at radius 1 is 1.39 bits per heavy atom. The van der Waals surface area contributed by atoms with Gasteiger partial charge in [0.2, 0.25) is 5.95 Å². The predicted molar refractivity (Wildman–Crippen MR) is 73.2 cm³/mol. The van der Waals surface area contributed by atoms with Crippen molar-refractivity contribution in [2.75, 3.05) is 5.32 Å². The number of aromatic nitrogens is 3. The topological polar surface area (TPSA) is 59.8 Å². The van der Waals surface area contributed by atoms with E-state index in [1.54, 1.807) is 13.1 Å². The molecule has 2 aromatic heterocycles. The third kappa shape index (κ3) is 2.31. The fraction of sp³-hybridized carbons (Fsp3) is 0.417. The Hall–Kier alpha value is -1.62. The highest BCUT2D eigenvalue weighted by Gasteiger charge is 2.16. The quantitative estimate of drug-likeness (QED) is 0.804. The molecule has 0 fully saturated rings. The van der Waals surface area contributed by atoms with Gasteiger partial charge in [-0.1, -0.05) is 11.6 Å². The van der Waals surface area contributed by atoms with Crippen LogP contribution in [0.4, 0.5) is 5.95 Å². The molecule has 2 aromatic rings. The van der Waals surface area contributed by atoms with Crippen LogP contribution >= 0.6 is 11.6 Å². The Balaban J connectivity index is 2.74. The van der Waals surface area contributed by atoms with Crippen molar-refractivity contribution in [3.8, 4) is 0 Å². The van der Waals surface area contributed by atoms with Crippen LogP contribution in [0.3, 0.4) is 0 Å². The van der Waals surface area contributed by atoms with Crippen LogP contribution in [0.2, 0.25) is 5.15 Å². The Bertz CT molecular complexity index is 657. The van der Waals surface area contributed by atoms with Crippen LogP contribution in [0, 0.1) is 0 Å². The smallest absolute Gasteiger partial charge is 0.262 e. The summed E-state index contributed by atoms with van der Waals surface area (Å²) in [7, 11) is 1.68. The van der Waals surface area contributed by atoms with Gasteiger partial charge in [-0.2, -0.15) is 0 Å². The van der Waals surface area contributed by atoms with Gasteiger partial charge in [0, 0.05) is 18.8 Å². The molecular weight excluding hydrogens is 252 g/mol. The molecule has 0 amide bonds. The first-order chi connectivity index (χ1) is 8.29. The van der Waals surface area contributed by atoms with Gasteiger partial charge in [0.15, 0.2) is 5.15 Å². The molecule has 0 spiro atoms. The molecule has 0 saturated carbocycles. The van der Waals surface area contributed by atoms with Crippen molar-refractivity contribution in [2.45, 2.75) is 26.3 Å². The summed E-state index contributed by atoms with van der Waals surface area (Å²) in [6, 6.07) is 1.62. The first-order valence-corrected chi connectivity index (χ1v) is 5.97. The molecule has 0 bridgehead atoms. The molecule has 18 heavy (non-hydrogen) atoms. The summed E-state index contributed by atoms with van der Waals surface area (Å²) < 4.78 is 1.48. The molecule has 0 aliphatic carbocycles. The van der Waals surface area contributed by atoms with Crippen LogP contribution in [0.1, 0.15) is 20.8 Å². The second kappa shape index (κ2) is 4.24. The van der Waals surface area contributed by atoms with E-state index in [2.05, 4.69) is 15.3 Å². The van der Waals surface area contributed by atoms with Crippen molar-refractivity contribution in [1.29, 1.82) is 0 Å². The lowest BCUT2D eigenvalue weighted by molar-refractivity contribution is 0.615. The van der Waals surface area contributed by atoms with Crippen LogP contribution in [0.5, 0.6) is 0 Å². The van der Waals surface area contributed by atoms with Gasteiger partial charge in [0.05, 0.1) is 5.39 Å². The van der Waals surface area contributed by atoms with Gasteiger partial charge in [-0.15, -0.1) is 0 Å². The largest absolute Gasteiger partial charge is 0.351 e. The van der Waals surface area contributed by atoms with E-state index >= 15 is 0 Å². The lowest BCUT2D eigenvalue weighted by atomic mass is 10.1. The maximum Gasteiger partial charge on any atom is 0.262 e. The van der Waals surface area contributed by atoms with E-state index in [1.807, 2.05) is 20.8 Å². The molecular formula is C12H15ClN4O. The minimum atomic E-state index is -0.195. The highest BCUT2D eigenvalue weighted by atomic mass is 35.5. The summed E-state index contributed by atoms with van der Waals surface area (Å²) in [6.45, 7) is 5.98. The third-order valence-corrected chi connectivity index (χ3v) is 2.71. The van der Waals surface area contributed by atoms with E-state index in [0.717, 1.165) is 0 Å². The number of nitrogens with one attached hydrogen (secondary N) is 1. The first kappa shape index (κ1) is 12.8. The van der Waals surface area contributed by atoms with E-state index in [0.29, 0.717) is 16.9 Å². The average Bonchev–Trinajstić information content (AvgIpc) is 2.25. The summed E-state index contributed by atoms with van der Waals surface area (Å²) in [6.07, 6.45) is 1.50. The van der Waals surface area contributed by atoms with Crippen LogP contribution in [-0.4, -0.2) is 20.1 Å². The molecule has 6 heteroatoms. The molecule has 2 heterocycles. The van der Waals surface area contributed by atoms with Crippen molar-refractivity contribution < 1.29 is 0 Å². The Labute approximate surface area is 110 Å². The maximum atomic E-state index is 12.2. The van der Waals surface area contributed by atoms with Crippen LogP contribution < -0.4 is 10.9 Å². The van der Waals surface area contributed by atoms with Gasteiger partial charge in [0.25, 0.3) is 5.56 Å². The lowest BCUT2D eigenvalue weighted by Crippen LogP contribution is -2.32. The summed E-state index contributed by atoms with van der Waals surface area (Å²) in [5.41, 5.74) is 0.0876. The van der Waals surface area contributed by atoms with Gasteiger partial charge in [0.1, 0.15) is 5.52 Å². The zero-order chi connectivity index (χ0) is 13.5. The lowest BCUT2D eigenvalue weighted by Gasteiger charge is -2.22. The molecule has 5 nitrogen and oxygen atoms in total. The van der Waals surface area contributed by atoms with Crippen molar-refractivity contribution in [1.82, 2.24) is 14.5 Å². The summed E-state index contributed by atoms with van der Waals surface area (Å²) in [5, 5.41) is 3.88. The molecule has 0 unspecified atom stereocenters. The predicted octanol–water partition coefficient (Wildman–Crippen LogP) is 2.19. The minimum absolute atomic E-state index is 0.143. The molecule has 0 aliphatic rings. The van der Waals surface area contributed by atoms with Gasteiger partial charge < -0.3 is 5.32 Å². The maximum absolute atomic E-state index is 12.2. The highest BCUT2D eigenvalue weighted by Crippen LogP contribution is 2.19. The average molecular weight is 267 g/mol. The standard InChI is InChI=1S/C12H15ClN4O/c1-12(2,3)16-11-15-8-7(10(18)17(11)4)5-6-14-9(8)13/h5-6H,1-4H3,(H,15,16). The third-order valence-electron chi connectivity index (χ3n) is 2.44. The fourth-order valence-corrected chi connectivity index (χ4v) is 1.81. The van der Waals surface area contributed by atoms with Gasteiger partial charge in [-0.05, 0) is 26.8 Å². The number of nitrogens with zero attached hydrogens (tertiary/aromatic N) is 3. The molecule has 0 atom stereocenters. The van der Waals surface area contributed by atoms with Crippen molar-refractivity contribution in [2.24, 2.45) is 7.05 Å². The zero-order valence-electron chi connectivity index (χ0n) is 10.8. The highest BCUT2D eigenvalue weighted by molar-refractivity contribution is 6.33. The van der Waals surface area contributed by atoms with Gasteiger partial charge in [-0.25, -0.2) is 9.97 Å². The minimum Gasteiger partial charge on any atom is -0.351 e. The van der Waals surface area contributed by atoms with Gasteiger partial charge >= 0.3 is 0 Å². The normalized spacial score (nSPS) is 11.8. The Morgan fingerprint density at radius 3 is 2.67 bits per heavy atom. The molecule has 1 N–H and O–H groups in total. The summed E-state index contributed by atoms with van der Waals surface area (Å²) >= 11 is 5.98. The van der Waals surface area contributed by atoms with E-state index in [4.69, 9.17) is 11.6 Å². The van der Waals surface area contributed by atoms with E-state index in [9.17, 15) is 4.79 Å². The fourth-order valence-electron chi connectivity index (χ4n) is 1.61.